The Hall–Kier alpha value is -2.35. The van der Waals surface area contributed by atoms with E-state index in [1.165, 1.54) is 23.0 Å². The lowest BCUT2D eigenvalue weighted by Crippen LogP contribution is -2.22. The lowest BCUT2D eigenvalue weighted by atomic mass is 10.2. The van der Waals surface area contributed by atoms with Gasteiger partial charge in [0.15, 0.2) is 9.84 Å². The minimum Gasteiger partial charge on any atom is -0.378 e. The molecule has 0 bridgehead atoms. The predicted octanol–water partition coefficient (Wildman–Crippen LogP) is 3.55. The van der Waals surface area contributed by atoms with Crippen molar-refractivity contribution in [2.75, 3.05) is 11.6 Å². The minimum absolute atomic E-state index is 0.00714. The summed E-state index contributed by atoms with van der Waals surface area (Å²) in [4.78, 5) is 12.7. The van der Waals surface area contributed by atoms with Gasteiger partial charge in [0, 0.05) is 17.8 Å². The Labute approximate surface area is 166 Å². The van der Waals surface area contributed by atoms with Gasteiger partial charge in [-0.1, -0.05) is 35.3 Å². The van der Waals surface area contributed by atoms with E-state index in [1.54, 1.807) is 36.4 Å². The van der Waals surface area contributed by atoms with Gasteiger partial charge in [-0.3, -0.25) is 4.79 Å². The van der Waals surface area contributed by atoms with E-state index in [2.05, 4.69) is 10.4 Å². The molecule has 27 heavy (non-hydrogen) atoms. The Bertz CT molecular complexity index is 1130. The van der Waals surface area contributed by atoms with Crippen molar-refractivity contribution in [1.82, 2.24) is 9.78 Å². The Balaban J connectivity index is 1.79. The smallest absolute Gasteiger partial charge is 0.292 e. The molecule has 9 heteroatoms. The van der Waals surface area contributed by atoms with Gasteiger partial charge in [-0.2, -0.15) is 9.78 Å². The monoisotopic (exact) mass is 423 g/mol. The van der Waals surface area contributed by atoms with Gasteiger partial charge in [0.1, 0.15) is 5.02 Å². The van der Waals surface area contributed by atoms with E-state index in [-0.39, 0.29) is 9.92 Å². The zero-order valence-electron chi connectivity index (χ0n) is 14.2. The summed E-state index contributed by atoms with van der Waals surface area (Å²) in [5.74, 6) is 0. The lowest BCUT2D eigenvalue weighted by molar-refractivity contribution is 0.602. The van der Waals surface area contributed by atoms with E-state index < -0.39 is 15.4 Å². The maximum atomic E-state index is 12.5. The third kappa shape index (κ3) is 4.50. The molecule has 0 aliphatic rings. The molecule has 3 rings (SSSR count). The predicted molar refractivity (Wildman–Crippen MR) is 107 cm³/mol. The second-order valence-electron chi connectivity index (χ2n) is 5.84. The summed E-state index contributed by atoms with van der Waals surface area (Å²) in [5.41, 5.74) is 1.31. The molecule has 0 aliphatic heterocycles. The van der Waals surface area contributed by atoms with Crippen molar-refractivity contribution in [2.45, 2.75) is 11.4 Å². The molecule has 140 valence electrons. The number of hydrogen-bond donors (Lipinski definition) is 1. The van der Waals surface area contributed by atoms with Gasteiger partial charge in [0.05, 0.1) is 22.5 Å². The first-order chi connectivity index (χ1) is 12.8. The first-order valence-corrected chi connectivity index (χ1v) is 10.5. The highest BCUT2D eigenvalue weighted by molar-refractivity contribution is 7.90. The molecule has 0 fully saturated rings. The standard InChI is InChI=1S/C18H15Cl2N3O3S/c1-27(25,26)15-8-2-12(3-9-15)10-21-16-11-22-23(18(24)17(16)20)14-6-4-13(19)5-7-14/h2-9,11,21H,10H2,1H3. The highest BCUT2D eigenvalue weighted by atomic mass is 35.5. The molecule has 1 N–H and O–H groups in total. The Morgan fingerprint density at radius 1 is 1.04 bits per heavy atom. The molecule has 0 unspecified atom stereocenters. The number of benzene rings is 2. The quantitative estimate of drug-likeness (QED) is 0.678. The van der Waals surface area contributed by atoms with Crippen LogP contribution >= 0.6 is 23.2 Å². The van der Waals surface area contributed by atoms with E-state index in [0.717, 1.165) is 11.8 Å². The van der Waals surface area contributed by atoms with Gasteiger partial charge in [0.25, 0.3) is 5.56 Å². The average molecular weight is 424 g/mol. The molecule has 0 spiro atoms. The van der Waals surface area contributed by atoms with E-state index in [9.17, 15) is 13.2 Å². The van der Waals surface area contributed by atoms with E-state index in [0.29, 0.717) is 22.9 Å². The van der Waals surface area contributed by atoms with Gasteiger partial charge in [-0.15, -0.1) is 0 Å². The Morgan fingerprint density at radius 2 is 1.67 bits per heavy atom. The van der Waals surface area contributed by atoms with Crippen molar-refractivity contribution >= 4 is 38.7 Å². The van der Waals surface area contributed by atoms with Crippen LogP contribution in [0.25, 0.3) is 5.69 Å². The van der Waals surface area contributed by atoms with Gasteiger partial charge in [-0.25, -0.2) is 8.42 Å². The van der Waals surface area contributed by atoms with Crippen LogP contribution in [-0.2, 0) is 16.4 Å². The number of sulfone groups is 1. The molecular weight excluding hydrogens is 409 g/mol. The fraction of sp³-hybridized carbons (Fsp3) is 0.111. The van der Waals surface area contributed by atoms with Crippen LogP contribution in [0.5, 0.6) is 0 Å². The van der Waals surface area contributed by atoms with Gasteiger partial charge in [0.2, 0.25) is 0 Å². The van der Waals surface area contributed by atoms with Crippen LogP contribution in [-0.4, -0.2) is 24.5 Å². The zero-order valence-corrected chi connectivity index (χ0v) is 16.5. The molecule has 0 radical (unpaired) electrons. The Morgan fingerprint density at radius 3 is 2.26 bits per heavy atom. The fourth-order valence-corrected chi connectivity index (χ4v) is 3.33. The summed E-state index contributed by atoms with van der Waals surface area (Å²) in [6.45, 7) is 0.357. The normalized spacial score (nSPS) is 11.4. The largest absolute Gasteiger partial charge is 0.378 e. The maximum absolute atomic E-state index is 12.5. The molecule has 1 heterocycles. The fourth-order valence-electron chi connectivity index (χ4n) is 2.37. The van der Waals surface area contributed by atoms with Crippen LogP contribution in [0, 0.1) is 0 Å². The van der Waals surface area contributed by atoms with Crippen LogP contribution in [0.3, 0.4) is 0 Å². The second-order valence-corrected chi connectivity index (χ2v) is 8.67. The van der Waals surface area contributed by atoms with Crippen LogP contribution in [0.1, 0.15) is 5.56 Å². The summed E-state index contributed by atoms with van der Waals surface area (Å²) in [6, 6.07) is 13.1. The number of nitrogens with one attached hydrogen (secondary N) is 1. The zero-order chi connectivity index (χ0) is 19.6. The number of hydrogen-bond acceptors (Lipinski definition) is 5. The minimum atomic E-state index is -3.24. The number of anilines is 1. The molecule has 2 aromatic carbocycles. The molecule has 0 aliphatic carbocycles. The van der Waals surface area contributed by atoms with Gasteiger partial charge in [-0.05, 0) is 42.0 Å². The van der Waals surface area contributed by atoms with Crippen molar-refractivity contribution < 1.29 is 8.42 Å². The number of aromatic nitrogens is 2. The topological polar surface area (TPSA) is 81.1 Å². The van der Waals surface area contributed by atoms with Crippen molar-refractivity contribution in [3.63, 3.8) is 0 Å². The van der Waals surface area contributed by atoms with Gasteiger partial charge >= 0.3 is 0 Å². The molecule has 0 atom stereocenters. The summed E-state index contributed by atoms with van der Waals surface area (Å²) < 4.78 is 24.2. The molecule has 3 aromatic rings. The number of rotatable bonds is 5. The highest BCUT2D eigenvalue weighted by Crippen LogP contribution is 2.19. The third-order valence-electron chi connectivity index (χ3n) is 3.82. The molecule has 0 amide bonds. The molecule has 1 aromatic heterocycles. The second kappa shape index (κ2) is 7.72. The van der Waals surface area contributed by atoms with Crippen LogP contribution in [0.4, 0.5) is 5.69 Å². The molecule has 0 saturated heterocycles. The third-order valence-corrected chi connectivity index (χ3v) is 5.57. The van der Waals surface area contributed by atoms with Crippen LogP contribution in [0.2, 0.25) is 10.0 Å². The molecule has 6 nitrogen and oxygen atoms in total. The van der Waals surface area contributed by atoms with Gasteiger partial charge < -0.3 is 5.32 Å². The first kappa shape index (κ1) is 19.4. The van der Waals surface area contributed by atoms with E-state index in [4.69, 9.17) is 23.2 Å². The number of nitrogens with zero attached hydrogens (tertiary/aromatic N) is 2. The van der Waals surface area contributed by atoms with Crippen molar-refractivity contribution in [1.29, 1.82) is 0 Å². The number of halogens is 2. The first-order valence-electron chi connectivity index (χ1n) is 7.82. The average Bonchev–Trinajstić information content (AvgIpc) is 2.63. The van der Waals surface area contributed by atoms with E-state index in [1.807, 2.05) is 0 Å². The van der Waals surface area contributed by atoms with E-state index >= 15 is 0 Å². The molecular formula is C18H15Cl2N3O3S. The summed E-state index contributed by atoms with van der Waals surface area (Å²) in [5, 5.41) is 7.73. The van der Waals surface area contributed by atoms with Crippen molar-refractivity contribution in [3.8, 4) is 5.69 Å². The summed E-state index contributed by atoms with van der Waals surface area (Å²) >= 11 is 12.0. The van der Waals surface area contributed by atoms with Crippen LogP contribution in [0.15, 0.2) is 64.4 Å². The highest BCUT2D eigenvalue weighted by Gasteiger charge is 2.11. The molecule has 0 saturated carbocycles. The van der Waals surface area contributed by atoms with Crippen molar-refractivity contribution in [3.05, 3.63) is 80.7 Å². The van der Waals surface area contributed by atoms with Crippen LogP contribution < -0.4 is 10.9 Å². The Kier molecular flexibility index (Phi) is 5.55. The maximum Gasteiger partial charge on any atom is 0.292 e. The summed E-state index contributed by atoms with van der Waals surface area (Å²) in [7, 11) is -3.24. The van der Waals surface area contributed by atoms with Crippen molar-refractivity contribution in [2.24, 2.45) is 0 Å². The SMILES string of the molecule is CS(=O)(=O)c1ccc(CNc2cnn(-c3ccc(Cl)cc3)c(=O)c2Cl)cc1. The summed E-state index contributed by atoms with van der Waals surface area (Å²) in [6.07, 6.45) is 2.62. The lowest BCUT2D eigenvalue weighted by Gasteiger charge is -2.11.